The Labute approximate surface area is 154 Å². The van der Waals surface area contributed by atoms with Crippen molar-refractivity contribution in [3.63, 3.8) is 0 Å². The van der Waals surface area contributed by atoms with E-state index in [2.05, 4.69) is 24.3 Å². The van der Waals surface area contributed by atoms with E-state index in [1.54, 1.807) is 6.07 Å². The molecule has 2 aromatic rings. The first kappa shape index (κ1) is 17.0. The Bertz CT molecular complexity index is 912. The number of hydrogen-bond donors (Lipinski definition) is 2. The minimum absolute atomic E-state index is 0.0399. The number of amides is 1. The summed E-state index contributed by atoms with van der Waals surface area (Å²) in [5, 5.41) is 6.24. The molecule has 0 saturated carbocycles. The SMILES string of the molecule is O=C(CN1CCNCC1c1cccc(F)c1)Nc1cccc2c1N=S=N2. The highest BCUT2D eigenvalue weighted by atomic mass is 32.1. The van der Waals surface area contributed by atoms with E-state index in [0.29, 0.717) is 17.9 Å². The lowest BCUT2D eigenvalue weighted by molar-refractivity contribution is -0.118. The van der Waals surface area contributed by atoms with Crippen molar-refractivity contribution in [1.82, 2.24) is 10.2 Å². The van der Waals surface area contributed by atoms with Crippen LogP contribution in [0.15, 0.2) is 51.2 Å². The zero-order chi connectivity index (χ0) is 17.9. The van der Waals surface area contributed by atoms with Crippen molar-refractivity contribution in [3.8, 4) is 0 Å². The van der Waals surface area contributed by atoms with Crippen LogP contribution in [0, 0.1) is 5.82 Å². The predicted molar refractivity (Wildman–Crippen MR) is 100 cm³/mol. The van der Waals surface area contributed by atoms with Crippen LogP contribution < -0.4 is 10.6 Å². The van der Waals surface area contributed by atoms with Crippen LogP contribution in [0.3, 0.4) is 0 Å². The molecule has 1 unspecified atom stereocenters. The molecule has 0 aromatic heterocycles. The summed E-state index contributed by atoms with van der Waals surface area (Å²) in [5.74, 6) is -0.381. The molecule has 0 spiro atoms. The van der Waals surface area contributed by atoms with E-state index in [9.17, 15) is 9.18 Å². The Morgan fingerprint density at radius 3 is 3.08 bits per heavy atom. The number of fused-ring (bicyclic) bond motifs is 1. The summed E-state index contributed by atoms with van der Waals surface area (Å²) in [5.41, 5.74) is 3.01. The predicted octanol–water partition coefficient (Wildman–Crippen LogP) is 3.14. The third-order valence-corrected chi connectivity index (χ3v) is 5.04. The van der Waals surface area contributed by atoms with E-state index in [0.717, 1.165) is 35.7 Å². The van der Waals surface area contributed by atoms with Gasteiger partial charge in [0.15, 0.2) is 0 Å². The number of piperazine rings is 1. The maximum atomic E-state index is 13.6. The molecule has 1 atom stereocenters. The van der Waals surface area contributed by atoms with Crippen LogP contribution in [0.2, 0.25) is 0 Å². The summed E-state index contributed by atoms with van der Waals surface area (Å²) in [6, 6.07) is 12.1. The molecule has 0 bridgehead atoms. The average molecular weight is 371 g/mol. The van der Waals surface area contributed by atoms with Crippen molar-refractivity contribution >= 4 is 34.3 Å². The minimum Gasteiger partial charge on any atom is -0.323 e. The van der Waals surface area contributed by atoms with E-state index < -0.39 is 0 Å². The summed E-state index contributed by atoms with van der Waals surface area (Å²) in [4.78, 5) is 14.7. The normalized spacial score (nSPS) is 19.0. The van der Waals surface area contributed by atoms with Crippen LogP contribution in [0.25, 0.3) is 0 Å². The van der Waals surface area contributed by atoms with Crippen molar-refractivity contribution in [2.45, 2.75) is 6.04 Å². The summed E-state index contributed by atoms with van der Waals surface area (Å²) >= 11 is 1.12. The third kappa shape index (κ3) is 3.57. The summed E-state index contributed by atoms with van der Waals surface area (Å²) < 4.78 is 22.0. The molecule has 2 aromatic carbocycles. The average Bonchev–Trinajstić information content (AvgIpc) is 3.12. The topological polar surface area (TPSA) is 69.1 Å². The molecule has 26 heavy (non-hydrogen) atoms. The number of anilines is 1. The summed E-state index contributed by atoms with van der Waals surface area (Å²) in [7, 11) is 0. The lowest BCUT2D eigenvalue weighted by Crippen LogP contribution is -2.48. The van der Waals surface area contributed by atoms with Gasteiger partial charge in [-0.3, -0.25) is 9.69 Å². The van der Waals surface area contributed by atoms with Crippen molar-refractivity contribution in [3.05, 3.63) is 53.8 Å². The molecule has 2 heterocycles. The number of carbonyl (C=O) groups excluding carboxylic acids is 1. The van der Waals surface area contributed by atoms with Gasteiger partial charge in [-0.2, -0.15) is 8.73 Å². The molecule has 8 heteroatoms. The van der Waals surface area contributed by atoms with Crippen molar-refractivity contribution in [2.75, 3.05) is 31.5 Å². The van der Waals surface area contributed by atoms with Gasteiger partial charge in [0.1, 0.15) is 17.2 Å². The monoisotopic (exact) mass is 371 g/mol. The molecule has 1 amide bonds. The fourth-order valence-corrected chi connectivity index (χ4v) is 3.81. The summed E-state index contributed by atoms with van der Waals surface area (Å²) in [6.45, 7) is 2.43. The Morgan fingerprint density at radius 1 is 1.31 bits per heavy atom. The lowest BCUT2D eigenvalue weighted by Gasteiger charge is -2.36. The van der Waals surface area contributed by atoms with Gasteiger partial charge in [-0.25, -0.2) is 4.39 Å². The van der Waals surface area contributed by atoms with Crippen molar-refractivity contribution in [1.29, 1.82) is 0 Å². The number of hydrogen-bond acceptors (Lipinski definition) is 5. The molecule has 134 valence electrons. The standard InChI is InChI=1S/C18H18FN5OS/c19-13-4-1-3-12(9-13)16-10-20-7-8-24(16)11-17(25)21-14-5-2-6-15-18(14)23-26-22-15/h1-6,9,16,20H,7-8,10-11H2,(H,21,25). The molecule has 1 fully saturated rings. The van der Waals surface area contributed by atoms with Crippen LogP contribution in [0.4, 0.5) is 21.5 Å². The minimum atomic E-state index is -0.264. The van der Waals surface area contributed by atoms with Gasteiger partial charge < -0.3 is 10.6 Å². The van der Waals surface area contributed by atoms with Gasteiger partial charge in [-0.15, -0.1) is 0 Å². The summed E-state index contributed by atoms with van der Waals surface area (Å²) in [6.07, 6.45) is 0. The van der Waals surface area contributed by atoms with Crippen molar-refractivity contribution in [2.24, 2.45) is 8.73 Å². The van der Waals surface area contributed by atoms with Crippen LogP contribution in [0.5, 0.6) is 0 Å². The zero-order valence-electron chi connectivity index (χ0n) is 14.0. The second kappa shape index (κ2) is 7.45. The highest BCUT2D eigenvalue weighted by Gasteiger charge is 2.26. The number of carbonyl (C=O) groups is 1. The quantitative estimate of drug-likeness (QED) is 0.740. The van der Waals surface area contributed by atoms with E-state index in [1.165, 1.54) is 12.1 Å². The lowest BCUT2D eigenvalue weighted by atomic mass is 10.0. The van der Waals surface area contributed by atoms with E-state index >= 15 is 0 Å². The maximum absolute atomic E-state index is 13.6. The molecule has 1 saturated heterocycles. The molecule has 2 N–H and O–H groups in total. The molecule has 2 aliphatic heterocycles. The van der Waals surface area contributed by atoms with Gasteiger partial charge in [0, 0.05) is 25.7 Å². The maximum Gasteiger partial charge on any atom is 0.238 e. The third-order valence-electron chi connectivity index (χ3n) is 4.49. The molecule has 4 rings (SSSR count). The largest absolute Gasteiger partial charge is 0.323 e. The second-order valence-electron chi connectivity index (χ2n) is 6.23. The number of nitrogens with one attached hydrogen (secondary N) is 2. The van der Waals surface area contributed by atoms with Gasteiger partial charge in [-0.05, 0) is 29.8 Å². The Hall–Kier alpha value is -2.42. The smallest absolute Gasteiger partial charge is 0.238 e. The molecular weight excluding hydrogens is 353 g/mol. The molecule has 0 radical (unpaired) electrons. The first-order valence-corrected chi connectivity index (χ1v) is 9.15. The highest BCUT2D eigenvalue weighted by Crippen LogP contribution is 2.38. The number of halogens is 1. The number of benzene rings is 2. The number of rotatable bonds is 4. The molecule has 6 nitrogen and oxygen atoms in total. The first-order valence-electron chi connectivity index (χ1n) is 8.42. The second-order valence-corrected chi connectivity index (χ2v) is 6.76. The fraction of sp³-hybridized carbons (Fsp3) is 0.278. The molecular formula is C18H18FN5OS. The van der Waals surface area contributed by atoms with E-state index in [4.69, 9.17) is 0 Å². The van der Waals surface area contributed by atoms with Crippen LogP contribution in [-0.2, 0) is 16.1 Å². The highest BCUT2D eigenvalue weighted by molar-refractivity contribution is 7.58. The Kier molecular flexibility index (Phi) is 4.87. The van der Waals surface area contributed by atoms with Crippen LogP contribution in [-0.4, -0.2) is 37.0 Å². The van der Waals surface area contributed by atoms with Gasteiger partial charge in [-0.1, -0.05) is 18.2 Å². The zero-order valence-corrected chi connectivity index (χ0v) is 14.8. The fourth-order valence-electron chi connectivity index (χ4n) is 3.26. The Balaban J connectivity index is 1.47. The molecule has 0 aliphatic carbocycles. The van der Waals surface area contributed by atoms with E-state index in [1.807, 2.05) is 24.3 Å². The van der Waals surface area contributed by atoms with Crippen LogP contribution in [0.1, 0.15) is 11.6 Å². The van der Waals surface area contributed by atoms with E-state index in [-0.39, 0.29) is 24.3 Å². The van der Waals surface area contributed by atoms with Gasteiger partial charge in [0.25, 0.3) is 0 Å². The van der Waals surface area contributed by atoms with Gasteiger partial charge >= 0.3 is 0 Å². The van der Waals surface area contributed by atoms with Crippen LogP contribution >= 0.6 is 0 Å². The first-order chi connectivity index (χ1) is 12.7. The Morgan fingerprint density at radius 2 is 2.19 bits per heavy atom. The molecule has 2 aliphatic rings. The van der Waals surface area contributed by atoms with Gasteiger partial charge in [0.2, 0.25) is 5.91 Å². The number of nitrogens with zero attached hydrogens (tertiary/aromatic N) is 3. The van der Waals surface area contributed by atoms with Crippen molar-refractivity contribution < 1.29 is 9.18 Å². The van der Waals surface area contributed by atoms with Gasteiger partial charge in [0.05, 0.1) is 23.6 Å².